The molecule has 2 aromatic rings. The van der Waals surface area contributed by atoms with E-state index in [-0.39, 0.29) is 18.3 Å². The lowest BCUT2D eigenvalue weighted by molar-refractivity contribution is -0.136. The average molecular weight is 395 g/mol. The van der Waals surface area contributed by atoms with Crippen LogP contribution in [0.15, 0.2) is 42.5 Å². The quantitative estimate of drug-likeness (QED) is 0.794. The van der Waals surface area contributed by atoms with Crippen LogP contribution in [0.3, 0.4) is 0 Å². The lowest BCUT2D eigenvalue weighted by atomic mass is 9.82. The summed E-state index contributed by atoms with van der Waals surface area (Å²) in [5.41, 5.74) is 1.19. The minimum absolute atomic E-state index is 0.00980. The van der Waals surface area contributed by atoms with Gasteiger partial charge in [0.1, 0.15) is 22.8 Å². The number of ether oxygens (including phenoxy) is 3. The molecule has 1 saturated heterocycles. The van der Waals surface area contributed by atoms with Crippen molar-refractivity contribution in [3.8, 4) is 17.2 Å². The highest BCUT2D eigenvalue weighted by molar-refractivity contribution is 6.00. The lowest BCUT2D eigenvalue weighted by Crippen LogP contribution is -2.53. The predicted octanol–water partition coefficient (Wildman–Crippen LogP) is 3.41. The molecule has 0 saturated carbocycles. The SMILES string of the molecule is COc1ccc2c(c1)OC1(CCN(C(=O)COc3ccc(C)cc3)CC1)CC2=O. The summed E-state index contributed by atoms with van der Waals surface area (Å²) < 4.78 is 17.1. The van der Waals surface area contributed by atoms with Gasteiger partial charge in [-0.25, -0.2) is 0 Å². The van der Waals surface area contributed by atoms with E-state index in [2.05, 4.69) is 0 Å². The van der Waals surface area contributed by atoms with E-state index in [1.54, 1.807) is 30.2 Å². The number of ketones is 1. The Bertz CT molecular complexity index is 913. The monoisotopic (exact) mass is 395 g/mol. The van der Waals surface area contributed by atoms with Gasteiger partial charge < -0.3 is 19.1 Å². The van der Waals surface area contributed by atoms with Crippen LogP contribution in [0.2, 0.25) is 0 Å². The molecule has 0 radical (unpaired) electrons. The Morgan fingerprint density at radius 3 is 2.48 bits per heavy atom. The third-order valence-corrected chi connectivity index (χ3v) is 5.71. The number of carbonyl (C=O) groups is 2. The third kappa shape index (κ3) is 4.06. The number of amides is 1. The van der Waals surface area contributed by atoms with Gasteiger partial charge in [0.05, 0.1) is 19.1 Å². The molecule has 0 unspecified atom stereocenters. The molecule has 1 spiro atoms. The van der Waals surface area contributed by atoms with E-state index in [1.807, 2.05) is 31.2 Å². The molecule has 6 nitrogen and oxygen atoms in total. The maximum absolute atomic E-state index is 12.6. The van der Waals surface area contributed by atoms with Gasteiger partial charge in [0.2, 0.25) is 0 Å². The van der Waals surface area contributed by atoms with Crippen molar-refractivity contribution in [2.24, 2.45) is 0 Å². The molecule has 29 heavy (non-hydrogen) atoms. The second-order valence-electron chi connectivity index (χ2n) is 7.73. The van der Waals surface area contributed by atoms with Gasteiger partial charge in [-0.05, 0) is 31.2 Å². The van der Waals surface area contributed by atoms with Crippen LogP contribution in [0.1, 0.15) is 35.2 Å². The minimum Gasteiger partial charge on any atom is -0.497 e. The van der Waals surface area contributed by atoms with E-state index in [0.717, 1.165) is 5.56 Å². The van der Waals surface area contributed by atoms with Crippen LogP contribution in [0, 0.1) is 6.92 Å². The number of hydrogen-bond acceptors (Lipinski definition) is 5. The molecule has 0 aromatic heterocycles. The number of methoxy groups -OCH3 is 1. The zero-order valence-corrected chi connectivity index (χ0v) is 16.8. The molecule has 152 valence electrons. The highest BCUT2D eigenvalue weighted by atomic mass is 16.5. The normalized spacial score (nSPS) is 17.4. The summed E-state index contributed by atoms with van der Waals surface area (Å²) in [5.74, 6) is 1.95. The molecule has 1 amide bonds. The number of Topliss-reactive ketones (excluding diaryl/α,β-unsaturated/α-hetero) is 1. The summed E-state index contributed by atoms with van der Waals surface area (Å²) in [6, 6.07) is 12.9. The van der Waals surface area contributed by atoms with Gasteiger partial charge in [0.15, 0.2) is 12.4 Å². The van der Waals surface area contributed by atoms with Crippen molar-refractivity contribution in [3.05, 3.63) is 53.6 Å². The first-order valence-corrected chi connectivity index (χ1v) is 9.85. The Labute approximate surface area is 170 Å². The van der Waals surface area contributed by atoms with Gasteiger partial charge in [-0.2, -0.15) is 0 Å². The molecule has 2 aliphatic heterocycles. The molecule has 2 aromatic carbocycles. The zero-order chi connectivity index (χ0) is 20.4. The van der Waals surface area contributed by atoms with Crippen molar-refractivity contribution in [2.45, 2.75) is 31.8 Å². The molecule has 0 atom stereocenters. The number of fused-ring (bicyclic) bond motifs is 1. The third-order valence-electron chi connectivity index (χ3n) is 5.71. The Morgan fingerprint density at radius 2 is 1.79 bits per heavy atom. The summed E-state index contributed by atoms with van der Waals surface area (Å²) in [5, 5.41) is 0. The van der Waals surface area contributed by atoms with E-state index in [4.69, 9.17) is 14.2 Å². The van der Waals surface area contributed by atoms with Gasteiger partial charge in [-0.15, -0.1) is 0 Å². The molecular formula is C23H25NO5. The van der Waals surface area contributed by atoms with Gasteiger partial charge in [0.25, 0.3) is 5.91 Å². The standard InChI is InChI=1S/C23H25NO5/c1-16-3-5-17(6-4-16)28-15-22(26)24-11-9-23(10-12-24)14-20(25)19-8-7-18(27-2)13-21(19)29-23/h3-8,13H,9-12,14-15H2,1-2H3. The van der Waals surface area contributed by atoms with Crippen LogP contribution in [0.5, 0.6) is 17.2 Å². The van der Waals surface area contributed by atoms with E-state index < -0.39 is 5.60 Å². The topological polar surface area (TPSA) is 65.1 Å². The number of aryl methyl sites for hydroxylation is 1. The molecule has 2 aliphatic rings. The fraction of sp³-hybridized carbons (Fsp3) is 0.391. The predicted molar refractivity (Wildman–Crippen MR) is 108 cm³/mol. The van der Waals surface area contributed by atoms with Gasteiger partial charge in [-0.1, -0.05) is 17.7 Å². The molecule has 0 N–H and O–H groups in total. The highest BCUT2D eigenvalue weighted by Crippen LogP contribution is 2.40. The van der Waals surface area contributed by atoms with Gasteiger partial charge >= 0.3 is 0 Å². The van der Waals surface area contributed by atoms with Crippen molar-refractivity contribution in [1.29, 1.82) is 0 Å². The summed E-state index contributed by atoms with van der Waals surface area (Å²) in [4.78, 5) is 27.0. The molecular weight excluding hydrogens is 370 g/mol. The van der Waals surface area contributed by atoms with Gasteiger partial charge in [0, 0.05) is 32.0 Å². The summed E-state index contributed by atoms with van der Waals surface area (Å²) in [6.07, 6.45) is 1.57. The maximum atomic E-state index is 12.6. The molecule has 0 aliphatic carbocycles. The van der Waals surface area contributed by atoms with E-state index in [9.17, 15) is 9.59 Å². The van der Waals surface area contributed by atoms with Crippen LogP contribution in [0.4, 0.5) is 0 Å². The van der Waals surface area contributed by atoms with Crippen molar-refractivity contribution >= 4 is 11.7 Å². The zero-order valence-electron chi connectivity index (χ0n) is 16.8. The summed E-state index contributed by atoms with van der Waals surface area (Å²) >= 11 is 0. The first kappa shape index (κ1) is 19.3. The van der Waals surface area contributed by atoms with Gasteiger partial charge in [-0.3, -0.25) is 9.59 Å². The maximum Gasteiger partial charge on any atom is 0.260 e. The molecule has 1 fully saturated rings. The number of hydrogen-bond donors (Lipinski definition) is 0. The number of piperidine rings is 1. The number of rotatable bonds is 4. The lowest BCUT2D eigenvalue weighted by Gasteiger charge is -2.43. The molecule has 2 heterocycles. The Morgan fingerprint density at radius 1 is 1.10 bits per heavy atom. The van der Waals surface area contributed by atoms with Crippen molar-refractivity contribution in [1.82, 2.24) is 4.90 Å². The number of benzene rings is 2. The number of likely N-dealkylation sites (tertiary alicyclic amines) is 1. The number of nitrogens with zero attached hydrogens (tertiary/aromatic N) is 1. The first-order chi connectivity index (χ1) is 14.0. The van der Waals surface area contributed by atoms with Crippen molar-refractivity contribution < 1.29 is 23.8 Å². The van der Waals surface area contributed by atoms with E-state index >= 15 is 0 Å². The van der Waals surface area contributed by atoms with Crippen LogP contribution in [-0.4, -0.2) is 49.0 Å². The Balaban J connectivity index is 1.36. The number of carbonyl (C=O) groups excluding carboxylic acids is 2. The first-order valence-electron chi connectivity index (χ1n) is 9.85. The minimum atomic E-state index is -0.551. The van der Waals surface area contributed by atoms with Crippen molar-refractivity contribution in [2.75, 3.05) is 26.8 Å². The summed E-state index contributed by atoms with van der Waals surface area (Å²) in [7, 11) is 1.59. The largest absolute Gasteiger partial charge is 0.497 e. The molecule has 6 heteroatoms. The van der Waals surface area contributed by atoms with Crippen molar-refractivity contribution in [3.63, 3.8) is 0 Å². The van der Waals surface area contributed by atoms with Crippen LogP contribution in [0.25, 0.3) is 0 Å². The fourth-order valence-electron chi connectivity index (χ4n) is 3.91. The molecule has 0 bridgehead atoms. The average Bonchev–Trinajstić information content (AvgIpc) is 2.73. The van der Waals surface area contributed by atoms with E-state index in [1.165, 1.54) is 0 Å². The van der Waals surface area contributed by atoms with Crippen LogP contribution in [-0.2, 0) is 4.79 Å². The smallest absolute Gasteiger partial charge is 0.260 e. The van der Waals surface area contributed by atoms with Crippen LogP contribution >= 0.6 is 0 Å². The second-order valence-corrected chi connectivity index (χ2v) is 7.73. The molecule has 4 rings (SSSR count). The fourth-order valence-corrected chi connectivity index (χ4v) is 3.91. The van der Waals surface area contributed by atoms with Crippen LogP contribution < -0.4 is 14.2 Å². The summed E-state index contributed by atoms with van der Waals surface area (Å²) in [6.45, 7) is 3.10. The van der Waals surface area contributed by atoms with E-state index in [0.29, 0.717) is 55.2 Å². The highest BCUT2D eigenvalue weighted by Gasteiger charge is 2.43. The Hall–Kier alpha value is -3.02. The Kier molecular flexibility index (Phi) is 5.18. The second kappa shape index (κ2) is 7.78.